The Morgan fingerprint density at radius 2 is 2.00 bits per heavy atom. The van der Waals surface area contributed by atoms with Crippen molar-refractivity contribution in [3.63, 3.8) is 0 Å². The van der Waals surface area contributed by atoms with E-state index in [4.69, 9.17) is 4.74 Å². The van der Waals surface area contributed by atoms with Crippen LogP contribution in [-0.4, -0.2) is 27.0 Å². The normalized spacial score (nSPS) is 11.0. The van der Waals surface area contributed by atoms with Gasteiger partial charge in [0.25, 0.3) is 11.5 Å². The lowest BCUT2D eigenvalue weighted by Crippen LogP contribution is -2.29. The topological polar surface area (TPSA) is 86.1 Å². The van der Waals surface area contributed by atoms with Crippen molar-refractivity contribution in [3.05, 3.63) is 58.5 Å². The van der Waals surface area contributed by atoms with Crippen LogP contribution in [0.25, 0.3) is 21.3 Å². The van der Waals surface area contributed by atoms with Crippen molar-refractivity contribution in [1.82, 2.24) is 14.5 Å². The van der Waals surface area contributed by atoms with E-state index in [1.807, 2.05) is 37.3 Å². The van der Waals surface area contributed by atoms with Crippen LogP contribution >= 0.6 is 11.3 Å². The summed E-state index contributed by atoms with van der Waals surface area (Å²) < 4.78 is 7.88. The van der Waals surface area contributed by atoms with E-state index in [0.29, 0.717) is 34.0 Å². The first kappa shape index (κ1) is 17.2. The zero-order valence-corrected chi connectivity index (χ0v) is 15.5. The number of anilines is 1. The highest BCUT2D eigenvalue weighted by Gasteiger charge is 2.18. The van der Waals surface area contributed by atoms with Crippen molar-refractivity contribution >= 4 is 43.6 Å². The fraction of sp³-hybridized carbons (Fsp3) is 0.158. The molecule has 2 aromatic carbocycles. The summed E-state index contributed by atoms with van der Waals surface area (Å²) in [4.78, 5) is 33.9. The van der Waals surface area contributed by atoms with Gasteiger partial charge >= 0.3 is 0 Å². The summed E-state index contributed by atoms with van der Waals surface area (Å²) in [6.07, 6.45) is 0. The molecule has 0 aliphatic rings. The molecule has 0 saturated carbocycles. The van der Waals surface area contributed by atoms with Gasteiger partial charge in [-0.05, 0) is 31.2 Å². The van der Waals surface area contributed by atoms with Crippen LogP contribution in [0.2, 0.25) is 0 Å². The second-order valence-electron chi connectivity index (χ2n) is 5.82. The van der Waals surface area contributed by atoms with E-state index >= 15 is 0 Å². The van der Waals surface area contributed by atoms with Gasteiger partial charge in [-0.25, -0.2) is 9.97 Å². The van der Waals surface area contributed by atoms with Gasteiger partial charge in [-0.1, -0.05) is 29.5 Å². The zero-order valence-electron chi connectivity index (χ0n) is 14.7. The zero-order chi connectivity index (χ0) is 19.0. The Kier molecular flexibility index (Phi) is 4.33. The van der Waals surface area contributed by atoms with Gasteiger partial charge in [0.2, 0.25) is 0 Å². The minimum absolute atomic E-state index is 0.166. The third kappa shape index (κ3) is 3.04. The molecule has 0 fully saturated rings. The lowest BCUT2D eigenvalue weighted by atomic mass is 10.2. The average molecular weight is 380 g/mol. The lowest BCUT2D eigenvalue weighted by Gasteiger charge is -2.07. The molecule has 0 radical (unpaired) electrons. The van der Waals surface area contributed by atoms with E-state index in [1.165, 1.54) is 15.9 Å². The largest absolute Gasteiger partial charge is 0.492 e. The molecule has 0 aliphatic heterocycles. The van der Waals surface area contributed by atoms with Crippen LogP contribution in [0.1, 0.15) is 17.4 Å². The highest BCUT2D eigenvalue weighted by molar-refractivity contribution is 7.22. The number of aromatic nitrogens is 3. The fourth-order valence-corrected chi connectivity index (χ4v) is 3.71. The molecule has 8 heteroatoms. The number of rotatable bonds is 4. The van der Waals surface area contributed by atoms with E-state index in [0.717, 1.165) is 4.70 Å². The van der Waals surface area contributed by atoms with Gasteiger partial charge in [-0.15, -0.1) is 0 Å². The Labute approximate surface area is 158 Å². The van der Waals surface area contributed by atoms with Crippen molar-refractivity contribution in [1.29, 1.82) is 0 Å². The molecule has 0 unspecified atom stereocenters. The summed E-state index contributed by atoms with van der Waals surface area (Å²) in [5, 5.41) is 3.07. The molecule has 1 N–H and O–H groups in total. The summed E-state index contributed by atoms with van der Waals surface area (Å²) in [6.45, 7) is 2.42. The number of nitrogens with zero attached hydrogens (tertiary/aromatic N) is 3. The van der Waals surface area contributed by atoms with Gasteiger partial charge in [0.15, 0.2) is 10.8 Å². The van der Waals surface area contributed by atoms with E-state index in [9.17, 15) is 9.59 Å². The molecule has 136 valence electrons. The Hall–Kier alpha value is -3.26. The molecule has 0 spiro atoms. The molecule has 0 atom stereocenters. The highest BCUT2D eigenvalue weighted by atomic mass is 32.1. The van der Waals surface area contributed by atoms with Crippen LogP contribution in [0.4, 0.5) is 5.13 Å². The predicted octanol–water partition coefficient (Wildman–Crippen LogP) is 3.19. The van der Waals surface area contributed by atoms with E-state index < -0.39 is 11.5 Å². The number of nitrogens with one attached hydrogen (secondary N) is 1. The summed E-state index contributed by atoms with van der Waals surface area (Å²) in [6, 6.07) is 12.8. The fourth-order valence-electron chi connectivity index (χ4n) is 2.83. The molecule has 0 bridgehead atoms. The van der Waals surface area contributed by atoms with Gasteiger partial charge < -0.3 is 9.30 Å². The minimum Gasteiger partial charge on any atom is -0.492 e. The van der Waals surface area contributed by atoms with Gasteiger partial charge in [0.05, 0.1) is 22.3 Å². The average Bonchev–Trinajstić information content (AvgIpc) is 3.08. The molecule has 2 heterocycles. The number of thiazole rings is 1. The number of aryl methyl sites for hydroxylation is 1. The summed E-state index contributed by atoms with van der Waals surface area (Å²) >= 11 is 1.31. The first-order valence-corrected chi connectivity index (χ1v) is 9.19. The predicted molar refractivity (Wildman–Crippen MR) is 106 cm³/mol. The monoisotopic (exact) mass is 380 g/mol. The maximum Gasteiger partial charge on any atom is 0.282 e. The Bertz CT molecular complexity index is 1230. The first-order valence-electron chi connectivity index (χ1n) is 8.38. The molecule has 4 aromatic rings. The minimum atomic E-state index is -0.585. The number of carbonyl (C=O) groups excluding carboxylic acids is 1. The van der Waals surface area contributed by atoms with Crippen molar-refractivity contribution in [2.24, 2.45) is 7.05 Å². The SMILES string of the molecule is CCOc1cccc2sc(NC(=O)c3nc4ccccc4n(C)c3=O)nc12. The van der Waals surface area contributed by atoms with Gasteiger partial charge in [-0.3, -0.25) is 14.9 Å². The third-order valence-corrected chi connectivity index (χ3v) is 5.04. The van der Waals surface area contributed by atoms with E-state index in [1.54, 1.807) is 19.2 Å². The summed E-state index contributed by atoms with van der Waals surface area (Å²) in [5.74, 6) is 0.0739. The molecule has 0 aliphatic carbocycles. The second-order valence-corrected chi connectivity index (χ2v) is 6.85. The van der Waals surface area contributed by atoms with E-state index in [-0.39, 0.29) is 5.69 Å². The van der Waals surface area contributed by atoms with Crippen LogP contribution in [-0.2, 0) is 7.05 Å². The van der Waals surface area contributed by atoms with Gasteiger partial charge in [0, 0.05) is 7.05 Å². The molecule has 7 nitrogen and oxygen atoms in total. The first-order chi connectivity index (χ1) is 13.1. The molecule has 1 amide bonds. The summed E-state index contributed by atoms with van der Waals surface area (Å²) in [5.41, 5.74) is 1.30. The number of amides is 1. The Morgan fingerprint density at radius 1 is 1.19 bits per heavy atom. The number of hydrogen-bond acceptors (Lipinski definition) is 6. The van der Waals surface area contributed by atoms with Crippen LogP contribution in [0.5, 0.6) is 5.75 Å². The summed E-state index contributed by atoms with van der Waals surface area (Å²) in [7, 11) is 1.62. The van der Waals surface area contributed by atoms with Crippen LogP contribution in [0.3, 0.4) is 0 Å². The molecule has 2 aromatic heterocycles. The second kappa shape index (κ2) is 6.81. The Morgan fingerprint density at radius 3 is 2.81 bits per heavy atom. The van der Waals surface area contributed by atoms with Crippen molar-refractivity contribution in [3.8, 4) is 5.75 Å². The van der Waals surface area contributed by atoms with Crippen LogP contribution < -0.4 is 15.6 Å². The quantitative estimate of drug-likeness (QED) is 0.588. The maximum absolute atomic E-state index is 12.7. The maximum atomic E-state index is 12.7. The van der Waals surface area contributed by atoms with Gasteiger partial charge in [-0.2, -0.15) is 0 Å². The van der Waals surface area contributed by atoms with Crippen LogP contribution in [0, 0.1) is 0 Å². The number of benzene rings is 2. The van der Waals surface area contributed by atoms with Crippen LogP contribution in [0.15, 0.2) is 47.3 Å². The number of para-hydroxylation sites is 3. The lowest BCUT2D eigenvalue weighted by molar-refractivity contribution is 0.102. The molecule has 27 heavy (non-hydrogen) atoms. The van der Waals surface area contributed by atoms with Crippen molar-refractivity contribution < 1.29 is 9.53 Å². The number of carbonyl (C=O) groups is 1. The van der Waals surface area contributed by atoms with E-state index in [2.05, 4.69) is 15.3 Å². The standard InChI is InChI=1S/C19H16N4O3S/c1-3-26-13-9-6-10-14-15(13)21-19(27-14)22-17(24)16-18(25)23(2)12-8-5-4-7-11(12)20-16/h4-10H,3H2,1-2H3,(H,21,22,24). The van der Waals surface area contributed by atoms with Crippen molar-refractivity contribution in [2.45, 2.75) is 6.92 Å². The third-order valence-electron chi connectivity index (χ3n) is 4.10. The number of fused-ring (bicyclic) bond motifs is 2. The molecule has 0 saturated heterocycles. The number of ether oxygens (including phenoxy) is 1. The molecular formula is C19H16N4O3S. The number of hydrogen-bond donors (Lipinski definition) is 1. The van der Waals surface area contributed by atoms with Crippen molar-refractivity contribution in [2.75, 3.05) is 11.9 Å². The molecular weight excluding hydrogens is 364 g/mol. The van der Waals surface area contributed by atoms with Gasteiger partial charge in [0.1, 0.15) is 11.3 Å². The Balaban J connectivity index is 1.71. The highest BCUT2D eigenvalue weighted by Crippen LogP contribution is 2.32. The smallest absolute Gasteiger partial charge is 0.282 e. The molecule has 4 rings (SSSR count).